The van der Waals surface area contributed by atoms with Crippen molar-refractivity contribution in [3.05, 3.63) is 63.0 Å². The van der Waals surface area contributed by atoms with E-state index in [2.05, 4.69) is 20.2 Å². The van der Waals surface area contributed by atoms with Crippen LogP contribution >= 0.6 is 22.9 Å². The zero-order chi connectivity index (χ0) is 18.6. The number of anilines is 1. The minimum Gasteiger partial charge on any atom is -0.352 e. The normalized spacial score (nSPS) is 12.6. The number of hydrogen-bond donors (Lipinski definition) is 2. The van der Waals surface area contributed by atoms with Gasteiger partial charge in [-0.25, -0.2) is 0 Å². The second-order valence-electron chi connectivity index (χ2n) is 6.30. The monoisotopic (exact) mass is 398 g/mol. The molecule has 0 unspecified atom stereocenters. The summed E-state index contributed by atoms with van der Waals surface area (Å²) in [4.78, 5) is 26.4. The lowest BCUT2D eigenvalue weighted by molar-refractivity contribution is 0.0954. The second kappa shape index (κ2) is 7.98. The van der Waals surface area contributed by atoms with Gasteiger partial charge in [-0.2, -0.15) is 0 Å². The van der Waals surface area contributed by atoms with Gasteiger partial charge in [-0.1, -0.05) is 34.8 Å². The van der Waals surface area contributed by atoms with E-state index in [9.17, 15) is 9.59 Å². The van der Waals surface area contributed by atoms with Gasteiger partial charge >= 0.3 is 0 Å². The Labute approximate surface area is 164 Å². The van der Waals surface area contributed by atoms with Gasteiger partial charge in [0.15, 0.2) is 5.69 Å². The summed E-state index contributed by atoms with van der Waals surface area (Å²) in [6, 6.07) is 10.0. The highest BCUT2D eigenvalue weighted by molar-refractivity contribution is 7.17. The number of nitrogens with zero attached hydrogens (tertiary/aromatic N) is 2. The number of hydrogen-bond acceptors (Lipinski definition) is 6. The second-order valence-corrected chi connectivity index (χ2v) is 8.01. The molecule has 138 valence electrons. The van der Waals surface area contributed by atoms with Crippen molar-refractivity contribution in [2.45, 2.75) is 25.7 Å². The molecular weight excluding hydrogens is 380 g/mol. The number of carbonyl (C=O) groups excluding carboxylic acids is 2. The Morgan fingerprint density at radius 2 is 1.96 bits per heavy atom. The molecule has 8 heteroatoms. The molecule has 2 aromatic heterocycles. The molecule has 2 N–H and O–H groups in total. The Kier molecular flexibility index (Phi) is 5.26. The summed E-state index contributed by atoms with van der Waals surface area (Å²) in [5, 5.41) is 11.9. The fourth-order valence-electron chi connectivity index (χ4n) is 3.22. The molecule has 0 radical (unpaired) electrons. The minimum atomic E-state index is -0.331. The number of amides is 2. The molecule has 2 amide bonds. The van der Waals surface area contributed by atoms with E-state index in [1.807, 2.05) is 30.3 Å². The van der Waals surface area contributed by atoms with Gasteiger partial charge in [0.1, 0.15) is 5.00 Å². The van der Waals surface area contributed by atoms with Crippen molar-refractivity contribution in [2.24, 2.45) is 0 Å². The van der Waals surface area contributed by atoms with E-state index < -0.39 is 0 Å². The molecule has 0 atom stereocenters. The predicted octanol–water partition coefficient (Wildman–Crippen LogP) is 3.31. The summed E-state index contributed by atoms with van der Waals surface area (Å²) >= 11 is 2.62. The van der Waals surface area contributed by atoms with Crippen LogP contribution in [0.2, 0.25) is 0 Å². The summed E-state index contributed by atoms with van der Waals surface area (Å²) in [5.41, 5.74) is 3.13. The van der Waals surface area contributed by atoms with E-state index in [0.29, 0.717) is 17.1 Å². The molecule has 27 heavy (non-hydrogen) atoms. The molecule has 0 saturated heterocycles. The highest BCUT2D eigenvalue weighted by atomic mass is 32.1. The maximum atomic E-state index is 12.9. The van der Waals surface area contributed by atoms with E-state index >= 15 is 0 Å². The number of fused-ring (bicyclic) bond motifs is 1. The highest BCUT2D eigenvalue weighted by Gasteiger charge is 2.27. The molecule has 0 spiro atoms. The van der Waals surface area contributed by atoms with Crippen LogP contribution in [0.15, 0.2) is 35.7 Å². The number of thiophene rings is 1. The van der Waals surface area contributed by atoms with Gasteiger partial charge < -0.3 is 10.6 Å². The zero-order valence-electron chi connectivity index (χ0n) is 14.5. The summed E-state index contributed by atoms with van der Waals surface area (Å²) in [5.74, 6) is -0.459. The lowest BCUT2D eigenvalue weighted by atomic mass is 10.1. The Balaban J connectivity index is 1.49. The van der Waals surface area contributed by atoms with Gasteiger partial charge in [0.25, 0.3) is 11.8 Å². The van der Waals surface area contributed by atoms with Crippen LogP contribution in [0.25, 0.3) is 0 Å². The van der Waals surface area contributed by atoms with E-state index in [1.165, 1.54) is 21.8 Å². The molecule has 1 aromatic carbocycles. The summed E-state index contributed by atoms with van der Waals surface area (Å²) < 4.78 is 3.72. The molecule has 1 aliphatic carbocycles. The first-order valence-electron chi connectivity index (χ1n) is 8.77. The molecule has 4 rings (SSSR count). The van der Waals surface area contributed by atoms with Crippen molar-refractivity contribution < 1.29 is 9.59 Å². The zero-order valence-corrected chi connectivity index (χ0v) is 16.2. The van der Waals surface area contributed by atoms with Crippen LogP contribution in [0.4, 0.5) is 5.00 Å². The van der Waals surface area contributed by atoms with Crippen molar-refractivity contribution >= 4 is 39.7 Å². The smallest absolute Gasteiger partial charge is 0.277 e. The van der Waals surface area contributed by atoms with Gasteiger partial charge in [0, 0.05) is 16.8 Å². The molecule has 1 aliphatic rings. The first-order valence-corrected chi connectivity index (χ1v) is 10.4. The van der Waals surface area contributed by atoms with Crippen molar-refractivity contribution in [3.8, 4) is 0 Å². The number of benzene rings is 1. The van der Waals surface area contributed by atoms with Crippen molar-refractivity contribution in [2.75, 3.05) is 11.9 Å². The maximum absolute atomic E-state index is 12.9. The number of rotatable bonds is 6. The Bertz CT molecular complexity index is 952. The predicted molar refractivity (Wildman–Crippen MR) is 107 cm³/mol. The lowest BCUT2D eigenvalue weighted by Crippen LogP contribution is -2.27. The third-order valence-corrected chi connectivity index (χ3v) is 6.22. The first-order chi connectivity index (χ1) is 13.2. The van der Waals surface area contributed by atoms with Crippen LogP contribution in [0.5, 0.6) is 0 Å². The van der Waals surface area contributed by atoms with Gasteiger partial charge in [-0.3, -0.25) is 9.59 Å². The van der Waals surface area contributed by atoms with Crippen LogP contribution in [0.1, 0.15) is 43.3 Å². The molecule has 6 nitrogen and oxygen atoms in total. The molecule has 0 saturated carbocycles. The highest BCUT2D eigenvalue weighted by Crippen LogP contribution is 2.39. The molecule has 3 aromatic rings. The Hall–Kier alpha value is -2.58. The van der Waals surface area contributed by atoms with Gasteiger partial charge in [0.05, 0.1) is 5.56 Å². The average molecular weight is 399 g/mol. The molecule has 2 heterocycles. The number of aromatic nitrogens is 2. The first kappa shape index (κ1) is 17.8. The number of nitrogens with one attached hydrogen (secondary N) is 2. The lowest BCUT2D eigenvalue weighted by Gasteiger charge is -2.09. The molecule has 0 fully saturated rings. The van der Waals surface area contributed by atoms with Gasteiger partial charge in [-0.15, -0.1) is 16.4 Å². The topological polar surface area (TPSA) is 84.0 Å². The van der Waals surface area contributed by atoms with E-state index in [4.69, 9.17) is 0 Å². The fourth-order valence-corrected chi connectivity index (χ4v) is 4.93. The fraction of sp³-hybridized carbons (Fsp3) is 0.263. The Morgan fingerprint density at radius 3 is 2.74 bits per heavy atom. The van der Waals surface area contributed by atoms with Crippen LogP contribution in [-0.4, -0.2) is 27.9 Å². The maximum Gasteiger partial charge on any atom is 0.277 e. The van der Waals surface area contributed by atoms with Crippen molar-refractivity contribution in [1.29, 1.82) is 0 Å². The van der Waals surface area contributed by atoms with E-state index in [-0.39, 0.29) is 17.5 Å². The van der Waals surface area contributed by atoms with Crippen LogP contribution in [-0.2, 0) is 19.3 Å². The van der Waals surface area contributed by atoms with E-state index in [1.54, 1.807) is 5.38 Å². The standard InChI is InChI=1S/C19H18N4O2S2/c24-17(14-11-26-23-22-14)21-19-16(13-7-4-8-15(13)27-19)18(25)20-10-9-12-5-2-1-3-6-12/h1-3,5-6,11H,4,7-10H2,(H,20,25)(H,21,24). The van der Waals surface area contributed by atoms with Crippen LogP contribution in [0.3, 0.4) is 0 Å². The van der Waals surface area contributed by atoms with Crippen LogP contribution < -0.4 is 10.6 Å². The average Bonchev–Trinajstić information content (AvgIpc) is 3.40. The number of carbonyl (C=O) groups is 2. The van der Waals surface area contributed by atoms with E-state index in [0.717, 1.165) is 42.8 Å². The summed E-state index contributed by atoms with van der Waals surface area (Å²) in [7, 11) is 0. The molecule has 0 aliphatic heterocycles. The quantitative estimate of drug-likeness (QED) is 0.667. The SMILES string of the molecule is O=C(Nc1sc2c(c1C(=O)NCCc1ccccc1)CCC2)c1csnn1. The summed E-state index contributed by atoms with van der Waals surface area (Å²) in [6.45, 7) is 0.552. The Morgan fingerprint density at radius 1 is 1.11 bits per heavy atom. The molecular formula is C19H18N4O2S2. The van der Waals surface area contributed by atoms with Gasteiger partial charge in [0.2, 0.25) is 0 Å². The van der Waals surface area contributed by atoms with Gasteiger partial charge in [-0.05, 0) is 48.3 Å². The van der Waals surface area contributed by atoms with Crippen LogP contribution in [0, 0.1) is 0 Å². The third-order valence-electron chi connectivity index (χ3n) is 4.51. The number of aryl methyl sites for hydroxylation is 1. The molecule has 0 bridgehead atoms. The minimum absolute atomic E-state index is 0.128. The van der Waals surface area contributed by atoms with Crippen molar-refractivity contribution in [1.82, 2.24) is 14.9 Å². The van der Waals surface area contributed by atoms with Crippen molar-refractivity contribution in [3.63, 3.8) is 0 Å². The largest absolute Gasteiger partial charge is 0.352 e. The summed E-state index contributed by atoms with van der Waals surface area (Å²) in [6.07, 6.45) is 3.65. The third kappa shape index (κ3) is 3.91.